The van der Waals surface area contributed by atoms with E-state index < -0.39 is 31.1 Å². The minimum Gasteiger partial charge on any atom is -0.347 e. The quantitative estimate of drug-likeness (QED) is 0.777. The van der Waals surface area contributed by atoms with Crippen LogP contribution < -0.4 is 16.2 Å². The zero-order chi connectivity index (χ0) is 19.5. The Kier molecular flexibility index (Phi) is 6.01. The van der Waals surface area contributed by atoms with E-state index in [1.54, 1.807) is 5.32 Å². The van der Waals surface area contributed by atoms with Gasteiger partial charge in [0.2, 0.25) is 11.8 Å². The molecular formula is C15H17F3N4O3S. The molecule has 0 aliphatic carbocycles. The van der Waals surface area contributed by atoms with Crippen molar-refractivity contribution in [3.8, 4) is 0 Å². The second-order valence-electron chi connectivity index (χ2n) is 5.63. The van der Waals surface area contributed by atoms with Crippen LogP contribution in [0.25, 0.3) is 10.2 Å². The first-order valence-corrected chi connectivity index (χ1v) is 8.45. The highest BCUT2D eigenvalue weighted by molar-refractivity contribution is 7.18. The molecule has 0 aromatic carbocycles. The van der Waals surface area contributed by atoms with Crippen LogP contribution in [-0.4, -0.2) is 40.6 Å². The Hall–Kier alpha value is -2.43. The lowest BCUT2D eigenvalue weighted by Crippen LogP contribution is -2.41. The Balaban J connectivity index is 1.89. The van der Waals surface area contributed by atoms with Crippen LogP contribution >= 0.6 is 11.3 Å². The number of aromatic nitrogens is 2. The molecule has 2 aromatic heterocycles. The van der Waals surface area contributed by atoms with Crippen LogP contribution in [0.4, 0.5) is 13.2 Å². The van der Waals surface area contributed by atoms with E-state index in [0.717, 1.165) is 10.4 Å². The number of nitrogens with one attached hydrogen (secondary N) is 2. The molecule has 0 bridgehead atoms. The minimum absolute atomic E-state index is 0.0477. The van der Waals surface area contributed by atoms with Gasteiger partial charge in [-0.1, -0.05) is 0 Å². The van der Waals surface area contributed by atoms with Crippen LogP contribution in [-0.2, 0) is 16.1 Å². The van der Waals surface area contributed by atoms with Gasteiger partial charge in [0.25, 0.3) is 5.56 Å². The van der Waals surface area contributed by atoms with Crippen LogP contribution in [0.3, 0.4) is 0 Å². The maximum atomic E-state index is 12.4. The van der Waals surface area contributed by atoms with Crippen molar-refractivity contribution in [1.29, 1.82) is 0 Å². The van der Waals surface area contributed by atoms with E-state index in [1.165, 1.54) is 22.2 Å². The number of hydrogen-bond donors (Lipinski definition) is 2. The Morgan fingerprint density at radius 3 is 2.58 bits per heavy atom. The fourth-order valence-corrected chi connectivity index (χ4v) is 3.17. The number of thiophene rings is 1. The maximum Gasteiger partial charge on any atom is 0.405 e. The maximum absolute atomic E-state index is 12.4. The molecule has 2 aromatic rings. The second-order valence-corrected chi connectivity index (χ2v) is 6.83. The average Bonchev–Trinajstić information content (AvgIpc) is 2.85. The third-order valence-corrected chi connectivity index (χ3v) is 4.78. The fourth-order valence-electron chi connectivity index (χ4n) is 2.18. The van der Waals surface area contributed by atoms with E-state index in [0.29, 0.717) is 10.2 Å². The molecule has 7 nitrogen and oxygen atoms in total. The highest BCUT2D eigenvalue weighted by atomic mass is 32.1. The molecule has 2 heterocycles. The number of aryl methyl sites for hydroxylation is 3. The predicted octanol–water partition coefficient (Wildman–Crippen LogP) is 1.26. The van der Waals surface area contributed by atoms with Gasteiger partial charge in [-0.25, -0.2) is 4.98 Å². The number of rotatable bonds is 6. The van der Waals surface area contributed by atoms with Gasteiger partial charge in [0.1, 0.15) is 11.4 Å². The molecule has 0 atom stereocenters. The topological polar surface area (TPSA) is 93.1 Å². The predicted molar refractivity (Wildman–Crippen MR) is 90.0 cm³/mol. The number of carbonyl (C=O) groups is 2. The summed E-state index contributed by atoms with van der Waals surface area (Å²) in [5.74, 6) is -1.50. The van der Waals surface area contributed by atoms with Gasteiger partial charge < -0.3 is 10.6 Å². The number of nitrogens with zero attached hydrogens (tertiary/aromatic N) is 2. The summed E-state index contributed by atoms with van der Waals surface area (Å²) in [6.45, 7) is 1.74. The number of fused-ring (bicyclic) bond motifs is 1. The van der Waals surface area contributed by atoms with E-state index in [4.69, 9.17) is 0 Å². The SMILES string of the molecule is Cc1sc2ncn(CCC(=O)NCC(=O)NCC(F)(F)F)c(=O)c2c1C. The molecule has 2 N–H and O–H groups in total. The van der Waals surface area contributed by atoms with Crippen LogP contribution in [0.5, 0.6) is 0 Å². The van der Waals surface area contributed by atoms with Crippen molar-refractivity contribution in [2.75, 3.05) is 13.1 Å². The number of amides is 2. The van der Waals surface area contributed by atoms with Crippen LogP contribution in [0, 0.1) is 13.8 Å². The van der Waals surface area contributed by atoms with Gasteiger partial charge in [-0.05, 0) is 19.4 Å². The summed E-state index contributed by atoms with van der Waals surface area (Å²) >= 11 is 1.42. The number of halogens is 3. The summed E-state index contributed by atoms with van der Waals surface area (Å²) in [6.07, 6.45) is -3.27. The Labute approximate surface area is 150 Å². The second kappa shape index (κ2) is 7.85. The van der Waals surface area contributed by atoms with Crippen molar-refractivity contribution < 1.29 is 22.8 Å². The molecular weight excluding hydrogens is 373 g/mol. The molecule has 0 fully saturated rings. The average molecular weight is 390 g/mol. The summed E-state index contributed by atoms with van der Waals surface area (Å²) in [4.78, 5) is 41.2. The van der Waals surface area contributed by atoms with Crippen LogP contribution in [0.15, 0.2) is 11.1 Å². The standard InChI is InChI=1S/C15H17F3N4O3S/c1-8-9(2)26-13-12(8)14(25)22(7-21-13)4-3-10(23)19-5-11(24)20-6-15(16,17)18/h7H,3-6H2,1-2H3,(H,19,23)(H,20,24). The zero-order valence-corrected chi connectivity index (χ0v) is 14.9. The van der Waals surface area contributed by atoms with Crippen molar-refractivity contribution in [2.24, 2.45) is 0 Å². The molecule has 2 amide bonds. The molecule has 0 aliphatic rings. The van der Waals surface area contributed by atoms with Crippen molar-refractivity contribution in [3.05, 3.63) is 27.1 Å². The van der Waals surface area contributed by atoms with E-state index >= 15 is 0 Å². The molecule has 0 unspecified atom stereocenters. The first kappa shape index (κ1) is 19.9. The van der Waals surface area contributed by atoms with Gasteiger partial charge in [-0.2, -0.15) is 13.2 Å². The van der Waals surface area contributed by atoms with E-state index in [2.05, 4.69) is 10.3 Å². The Morgan fingerprint density at radius 1 is 1.23 bits per heavy atom. The third kappa shape index (κ3) is 5.04. The lowest BCUT2D eigenvalue weighted by Gasteiger charge is -2.09. The van der Waals surface area contributed by atoms with E-state index in [-0.39, 0.29) is 18.5 Å². The highest BCUT2D eigenvalue weighted by Gasteiger charge is 2.27. The molecule has 0 radical (unpaired) electrons. The first-order chi connectivity index (χ1) is 12.1. The smallest absolute Gasteiger partial charge is 0.347 e. The van der Waals surface area contributed by atoms with Crippen molar-refractivity contribution in [2.45, 2.75) is 33.0 Å². The van der Waals surface area contributed by atoms with Gasteiger partial charge in [0, 0.05) is 17.8 Å². The number of carbonyl (C=O) groups excluding carboxylic acids is 2. The van der Waals surface area contributed by atoms with Crippen LogP contribution in [0.2, 0.25) is 0 Å². The molecule has 0 saturated heterocycles. The highest BCUT2D eigenvalue weighted by Crippen LogP contribution is 2.25. The van der Waals surface area contributed by atoms with E-state index in [1.807, 2.05) is 13.8 Å². The molecule has 0 aliphatic heterocycles. The third-order valence-electron chi connectivity index (χ3n) is 3.67. The summed E-state index contributed by atoms with van der Waals surface area (Å²) in [7, 11) is 0. The lowest BCUT2D eigenvalue weighted by molar-refractivity contribution is -0.138. The summed E-state index contributed by atoms with van der Waals surface area (Å²) in [5.41, 5.74) is 0.593. The first-order valence-electron chi connectivity index (χ1n) is 7.64. The van der Waals surface area contributed by atoms with Crippen LogP contribution in [0.1, 0.15) is 16.9 Å². The normalized spacial score (nSPS) is 11.6. The molecule has 0 spiro atoms. The number of hydrogen-bond acceptors (Lipinski definition) is 5. The summed E-state index contributed by atoms with van der Waals surface area (Å²) < 4.78 is 37.2. The zero-order valence-electron chi connectivity index (χ0n) is 14.1. The largest absolute Gasteiger partial charge is 0.405 e. The molecule has 26 heavy (non-hydrogen) atoms. The molecule has 2 rings (SSSR count). The van der Waals surface area contributed by atoms with Gasteiger partial charge in [-0.15, -0.1) is 11.3 Å². The number of alkyl halides is 3. The molecule has 11 heteroatoms. The van der Waals surface area contributed by atoms with Gasteiger partial charge in [0.05, 0.1) is 18.3 Å². The van der Waals surface area contributed by atoms with E-state index in [9.17, 15) is 27.6 Å². The van der Waals surface area contributed by atoms with Gasteiger partial charge in [0.15, 0.2) is 0 Å². The molecule has 0 saturated carbocycles. The fraction of sp³-hybridized carbons (Fsp3) is 0.467. The van der Waals surface area contributed by atoms with Crippen molar-refractivity contribution in [3.63, 3.8) is 0 Å². The van der Waals surface area contributed by atoms with Crippen molar-refractivity contribution in [1.82, 2.24) is 20.2 Å². The minimum atomic E-state index is -4.51. The summed E-state index contributed by atoms with van der Waals surface area (Å²) in [6, 6.07) is 0. The molecule has 142 valence electrons. The van der Waals surface area contributed by atoms with Gasteiger partial charge in [-0.3, -0.25) is 19.0 Å². The Bertz CT molecular complexity index is 889. The monoisotopic (exact) mass is 390 g/mol. The summed E-state index contributed by atoms with van der Waals surface area (Å²) in [5, 5.41) is 4.37. The lowest BCUT2D eigenvalue weighted by atomic mass is 10.2. The van der Waals surface area contributed by atoms with Gasteiger partial charge >= 0.3 is 6.18 Å². The Morgan fingerprint density at radius 2 is 1.92 bits per heavy atom. The van der Waals surface area contributed by atoms with Crippen molar-refractivity contribution >= 4 is 33.4 Å².